The summed E-state index contributed by atoms with van der Waals surface area (Å²) >= 11 is 0. The Hall–Kier alpha value is -1.29. The summed E-state index contributed by atoms with van der Waals surface area (Å²) in [6, 6.07) is 5.76. The van der Waals surface area contributed by atoms with Crippen molar-refractivity contribution in [1.29, 1.82) is 0 Å². The van der Waals surface area contributed by atoms with Crippen molar-refractivity contribution >= 4 is 11.4 Å². The lowest BCUT2D eigenvalue weighted by atomic mass is 10.2. The highest BCUT2D eigenvalue weighted by atomic mass is 19.1. The van der Waals surface area contributed by atoms with Crippen LogP contribution in [-0.4, -0.2) is 50.7 Å². The molecule has 0 aliphatic carbocycles. The Morgan fingerprint density at radius 1 is 0.950 bits per heavy atom. The number of hydrogen-bond acceptors (Lipinski definition) is 3. The molecule has 2 fully saturated rings. The van der Waals surface area contributed by atoms with E-state index >= 15 is 0 Å². The number of rotatable bonds is 3. The van der Waals surface area contributed by atoms with Crippen molar-refractivity contribution in [1.82, 2.24) is 4.90 Å². The minimum atomic E-state index is -0.0700. The number of benzene rings is 1. The van der Waals surface area contributed by atoms with Crippen LogP contribution in [0.25, 0.3) is 0 Å². The van der Waals surface area contributed by atoms with E-state index in [4.69, 9.17) is 0 Å². The number of likely N-dealkylation sites (N-methyl/N-ethyl adjacent to an activating group) is 1. The number of nitrogens with zero attached hydrogens (tertiary/aromatic N) is 3. The minimum Gasteiger partial charge on any atom is -0.371 e. The van der Waals surface area contributed by atoms with E-state index in [1.54, 1.807) is 6.07 Å². The molecule has 0 saturated carbocycles. The molecule has 2 aliphatic rings. The molecule has 1 aromatic rings. The summed E-state index contributed by atoms with van der Waals surface area (Å²) in [6.45, 7) is 9.31. The van der Waals surface area contributed by atoms with Crippen LogP contribution < -0.4 is 9.80 Å². The first-order chi connectivity index (χ1) is 9.78. The van der Waals surface area contributed by atoms with E-state index in [0.717, 1.165) is 57.2 Å². The molecule has 110 valence electrons. The van der Waals surface area contributed by atoms with E-state index in [1.165, 1.54) is 12.8 Å². The zero-order chi connectivity index (χ0) is 13.9. The Morgan fingerprint density at radius 2 is 1.65 bits per heavy atom. The molecule has 0 bridgehead atoms. The highest BCUT2D eigenvalue weighted by Gasteiger charge is 2.20. The predicted octanol–water partition coefficient (Wildman–Crippen LogP) is 2.57. The van der Waals surface area contributed by atoms with Gasteiger partial charge in [-0.1, -0.05) is 6.92 Å². The average molecular weight is 277 g/mol. The van der Waals surface area contributed by atoms with Crippen molar-refractivity contribution in [2.45, 2.75) is 19.8 Å². The van der Waals surface area contributed by atoms with E-state index < -0.39 is 0 Å². The quantitative estimate of drug-likeness (QED) is 0.841. The first-order valence-electron chi connectivity index (χ1n) is 7.79. The van der Waals surface area contributed by atoms with Gasteiger partial charge in [-0.15, -0.1) is 0 Å². The maximum atomic E-state index is 14.4. The van der Waals surface area contributed by atoms with Crippen molar-refractivity contribution in [2.75, 3.05) is 55.6 Å². The third-order valence-electron chi connectivity index (χ3n) is 4.56. The van der Waals surface area contributed by atoms with E-state index in [-0.39, 0.29) is 5.82 Å². The van der Waals surface area contributed by atoms with Crippen LogP contribution in [0.5, 0.6) is 0 Å². The summed E-state index contributed by atoms with van der Waals surface area (Å²) in [6.07, 6.45) is 2.45. The molecule has 0 atom stereocenters. The number of halogens is 1. The molecule has 0 N–H and O–H groups in total. The molecule has 2 saturated heterocycles. The van der Waals surface area contributed by atoms with Crippen molar-refractivity contribution in [3.05, 3.63) is 24.0 Å². The van der Waals surface area contributed by atoms with E-state index in [0.29, 0.717) is 0 Å². The van der Waals surface area contributed by atoms with Crippen LogP contribution in [0.2, 0.25) is 0 Å². The molecule has 2 heterocycles. The van der Waals surface area contributed by atoms with Crippen LogP contribution in [-0.2, 0) is 0 Å². The average Bonchev–Trinajstić information content (AvgIpc) is 3.01. The van der Waals surface area contributed by atoms with E-state index in [1.807, 2.05) is 6.07 Å². The first kappa shape index (κ1) is 13.7. The molecule has 0 aromatic heterocycles. The SMILES string of the molecule is CCN1CCN(c2ccc(N3CCCC3)cc2F)CC1. The van der Waals surface area contributed by atoms with Gasteiger partial charge in [0.2, 0.25) is 0 Å². The number of anilines is 2. The summed E-state index contributed by atoms with van der Waals surface area (Å²) in [5, 5.41) is 0. The molecule has 0 unspecified atom stereocenters. The van der Waals surface area contributed by atoms with Crippen LogP contribution in [0.15, 0.2) is 18.2 Å². The van der Waals surface area contributed by atoms with Crippen molar-refractivity contribution in [3.8, 4) is 0 Å². The number of piperazine rings is 1. The van der Waals surface area contributed by atoms with Gasteiger partial charge in [-0.05, 0) is 37.6 Å². The summed E-state index contributed by atoms with van der Waals surface area (Å²) in [5.41, 5.74) is 1.81. The first-order valence-corrected chi connectivity index (χ1v) is 7.79. The Morgan fingerprint density at radius 3 is 2.25 bits per heavy atom. The monoisotopic (exact) mass is 277 g/mol. The normalized spacial score (nSPS) is 20.7. The van der Waals surface area contributed by atoms with E-state index in [9.17, 15) is 4.39 Å². The molecule has 0 amide bonds. The lowest BCUT2D eigenvalue weighted by Gasteiger charge is -2.35. The fourth-order valence-electron chi connectivity index (χ4n) is 3.23. The second-order valence-electron chi connectivity index (χ2n) is 5.75. The van der Waals surface area contributed by atoms with Gasteiger partial charge < -0.3 is 14.7 Å². The summed E-state index contributed by atoms with van der Waals surface area (Å²) in [4.78, 5) is 6.87. The van der Waals surface area contributed by atoms with Gasteiger partial charge in [0.05, 0.1) is 5.69 Å². The largest absolute Gasteiger partial charge is 0.371 e. The topological polar surface area (TPSA) is 9.72 Å². The van der Waals surface area contributed by atoms with Gasteiger partial charge >= 0.3 is 0 Å². The fraction of sp³-hybridized carbons (Fsp3) is 0.625. The third kappa shape index (κ3) is 2.75. The van der Waals surface area contributed by atoms with Crippen molar-refractivity contribution in [3.63, 3.8) is 0 Å². The van der Waals surface area contributed by atoms with Gasteiger partial charge in [0.15, 0.2) is 0 Å². The third-order valence-corrected chi connectivity index (χ3v) is 4.56. The van der Waals surface area contributed by atoms with Crippen LogP contribution in [0.1, 0.15) is 19.8 Å². The predicted molar refractivity (Wildman–Crippen MR) is 82.2 cm³/mol. The summed E-state index contributed by atoms with van der Waals surface area (Å²) in [7, 11) is 0. The smallest absolute Gasteiger partial charge is 0.148 e. The van der Waals surface area contributed by atoms with E-state index in [2.05, 4.69) is 27.7 Å². The van der Waals surface area contributed by atoms with Crippen LogP contribution in [0.3, 0.4) is 0 Å². The van der Waals surface area contributed by atoms with Crippen LogP contribution in [0, 0.1) is 5.82 Å². The molecule has 4 heteroatoms. The Bertz CT molecular complexity index is 449. The highest BCUT2D eigenvalue weighted by Crippen LogP contribution is 2.27. The zero-order valence-electron chi connectivity index (χ0n) is 12.3. The zero-order valence-corrected chi connectivity index (χ0v) is 12.3. The molecule has 3 nitrogen and oxygen atoms in total. The standard InChI is InChI=1S/C16H24FN3/c1-2-18-9-11-20(12-10-18)16-6-5-14(13-15(16)17)19-7-3-4-8-19/h5-6,13H,2-4,7-12H2,1H3. The van der Waals surface area contributed by atoms with Crippen LogP contribution in [0.4, 0.5) is 15.8 Å². The van der Waals surface area contributed by atoms with Crippen molar-refractivity contribution < 1.29 is 4.39 Å². The maximum Gasteiger partial charge on any atom is 0.148 e. The second kappa shape index (κ2) is 6.00. The molecule has 0 radical (unpaired) electrons. The molecule has 0 spiro atoms. The minimum absolute atomic E-state index is 0.0700. The van der Waals surface area contributed by atoms with Gasteiger partial charge in [-0.3, -0.25) is 0 Å². The van der Waals surface area contributed by atoms with Gasteiger partial charge in [0, 0.05) is 45.0 Å². The summed E-state index contributed by atoms with van der Waals surface area (Å²) in [5.74, 6) is -0.0700. The lowest BCUT2D eigenvalue weighted by Crippen LogP contribution is -2.46. The molecule has 20 heavy (non-hydrogen) atoms. The van der Waals surface area contributed by atoms with Crippen LogP contribution >= 0.6 is 0 Å². The van der Waals surface area contributed by atoms with Gasteiger partial charge in [0.25, 0.3) is 0 Å². The molecular formula is C16H24FN3. The Labute approximate surface area is 121 Å². The summed E-state index contributed by atoms with van der Waals surface area (Å²) < 4.78 is 14.4. The number of hydrogen-bond donors (Lipinski definition) is 0. The molecule has 3 rings (SSSR count). The Balaban J connectivity index is 1.71. The fourth-order valence-corrected chi connectivity index (χ4v) is 3.23. The molecule has 2 aliphatic heterocycles. The lowest BCUT2D eigenvalue weighted by molar-refractivity contribution is 0.270. The molecular weight excluding hydrogens is 253 g/mol. The maximum absolute atomic E-state index is 14.4. The van der Waals surface area contributed by atoms with Gasteiger partial charge in [0.1, 0.15) is 5.82 Å². The molecule has 1 aromatic carbocycles. The highest BCUT2D eigenvalue weighted by molar-refractivity contribution is 5.58. The van der Waals surface area contributed by atoms with Gasteiger partial charge in [-0.25, -0.2) is 4.39 Å². The van der Waals surface area contributed by atoms with Gasteiger partial charge in [-0.2, -0.15) is 0 Å². The Kier molecular flexibility index (Phi) is 4.10. The second-order valence-corrected chi connectivity index (χ2v) is 5.75. The van der Waals surface area contributed by atoms with Crippen molar-refractivity contribution in [2.24, 2.45) is 0 Å².